The average molecular weight is 242 g/mol. The van der Waals surface area contributed by atoms with Crippen LogP contribution in [0.4, 0.5) is 4.79 Å². The molecule has 5 heteroatoms. The lowest BCUT2D eigenvalue weighted by molar-refractivity contribution is -0.140. The van der Waals surface area contributed by atoms with Gasteiger partial charge in [0.05, 0.1) is 0 Å². The van der Waals surface area contributed by atoms with Gasteiger partial charge in [0.15, 0.2) is 0 Å². The second-order valence-corrected chi connectivity index (χ2v) is 5.23. The van der Waals surface area contributed by atoms with Crippen molar-refractivity contribution in [2.75, 3.05) is 6.54 Å². The summed E-state index contributed by atoms with van der Waals surface area (Å²) in [6.07, 6.45) is 2.49. The number of hydrogen-bond donors (Lipinski definition) is 3. The molecule has 0 aliphatic heterocycles. The van der Waals surface area contributed by atoms with Gasteiger partial charge < -0.3 is 15.7 Å². The molecule has 0 bridgehead atoms. The number of carbonyl (C=O) groups excluding carboxylic acids is 1. The van der Waals surface area contributed by atoms with Crippen molar-refractivity contribution in [1.82, 2.24) is 10.6 Å². The van der Waals surface area contributed by atoms with Crippen LogP contribution >= 0.6 is 0 Å². The topological polar surface area (TPSA) is 78.4 Å². The number of nitrogens with one attached hydrogen (secondary N) is 2. The Balaban J connectivity index is 2.29. The molecular formula is C12H22N2O3. The predicted molar refractivity (Wildman–Crippen MR) is 64.7 cm³/mol. The van der Waals surface area contributed by atoms with Crippen LogP contribution in [0.15, 0.2) is 0 Å². The smallest absolute Gasteiger partial charge is 0.326 e. The first-order valence-corrected chi connectivity index (χ1v) is 6.19. The van der Waals surface area contributed by atoms with Gasteiger partial charge in [0.25, 0.3) is 0 Å². The fraction of sp³-hybridized carbons (Fsp3) is 0.833. The Bertz CT molecular complexity index is 287. The molecular weight excluding hydrogens is 220 g/mol. The summed E-state index contributed by atoms with van der Waals surface area (Å²) in [6, 6.07) is -1.22. The van der Waals surface area contributed by atoms with Gasteiger partial charge in [-0.3, -0.25) is 0 Å². The van der Waals surface area contributed by atoms with Crippen LogP contribution in [-0.2, 0) is 4.79 Å². The van der Waals surface area contributed by atoms with Gasteiger partial charge >= 0.3 is 12.0 Å². The molecule has 2 amide bonds. The SMILES string of the molecule is CC(C)C(NC(=O)NCC(C)C1CC1)C(=O)O. The van der Waals surface area contributed by atoms with E-state index in [1.54, 1.807) is 13.8 Å². The van der Waals surface area contributed by atoms with E-state index in [9.17, 15) is 9.59 Å². The molecule has 0 radical (unpaired) electrons. The quantitative estimate of drug-likeness (QED) is 0.659. The molecule has 1 rings (SSSR count). The van der Waals surface area contributed by atoms with Crippen molar-refractivity contribution in [3.8, 4) is 0 Å². The van der Waals surface area contributed by atoms with Gasteiger partial charge in [-0.2, -0.15) is 0 Å². The van der Waals surface area contributed by atoms with E-state index in [4.69, 9.17) is 5.11 Å². The highest BCUT2D eigenvalue weighted by atomic mass is 16.4. The lowest BCUT2D eigenvalue weighted by Crippen LogP contribution is -2.49. The van der Waals surface area contributed by atoms with Gasteiger partial charge in [-0.15, -0.1) is 0 Å². The van der Waals surface area contributed by atoms with E-state index in [2.05, 4.69) is 17.6 Å². The Morgan fingerprint density at radius 2 is 1.88 bits per heavy atom. The highest BCUT2D eigenvalue weighted by Crippen LogP contribution is 2.35. The van der Waals surface area contributed by atoms with Crippen LogP contribution in [0.3, 0.4) is 0 Å². The number of urea groups is 1. The molecule has 0 saturated heterocycles. The Hall–Kier alpha value is -1.26. The van der Waals surface area contributed by atoms with Gasteiger partial charge in [0.1, 0.15) is 6.04 Å². The molecule has 0 aromatic carbocycles. The number of carbonyl (C=O) groups is 2. The van der Waals surface area contributed by atoms with Crippen LogP contribution in [0, 0.1) is 17.8 Å². The lowest BCUT2D eigenvalue weighted by Gasteiger charge is -2.19. The summed E-state index contributed by atoms with van der Waals surface area (Å²) in [6.45, 7) is 6.26. The first kappa shape index (κ1) is 13.8. The van der Waals surface area contributed by atoms with Crippen molar-refractivity contribution in [1.29, 1.82) is 0 Å². The zero-order valence-corrected chi connectivity index (χ0v) is 10.7. The summed E-state index contributed by atoms with van der Waals surface area (Å²) in [5, 5.41) is 14.1. The Labute approximate surface area is 102 Å². The highest BCUT2D eigenvalue weighted by Gasteiger charge is 2.28. The largest absolute Gasteiger partial charge is 0.480 e. The standard InChI is InChI=1S/C12H22N2O3/c1-7(2)10(11(15)16)14-12(17)13-6-8(3)9-4-5-9/h7-10H,4-6H2,1-3H3,(H,15,16)(H2,13,14,17). The number of rotatable bonds is 6. The fourth-order valence-electron chi connectivity index (χ4n) is 1.79. The van der Waals surface area contributed by atoms with Crippen LogP contribution in [0.25, 0.3) is 0 Å². The molecule has 0 spiro atoms. The zero-order chi connectivity index (χ0) is 13.0. The van der Waals surface area contributed by atoms with E-state index in [0.29, 0.717) is 12.5 Å². The number of hydrogen-bond acceptors (Lipinski definition) is 2. The van der Waals surface area contributed by atoms with Gasteiger partial charge in [-0.25, -0.2) is 9.59 Å². The summed E-state index contributed by atoms with van der Waals surface area (Å²) in [4.78, 5) is 22.4. The summed E-state index contributed by atoms with van der Waals surface area (Å²) in [5.41, 5.74) is 0. The van der Waals surface area contributed by atoms with Crippen LogP contribution in [-0.4, -0.2) is 29.7 Å². The minimum atomic E-state index is -0.995. The number of carboxylic acids is 1. The molecule has 0 aromatic rings. The van der Waals surface area contributed by atoms with E-state index in [1.807, 2.05) is 0 Å². The van der Waals surface area contributed by atoms with Crippen molar-refractivity contribution in [2.24, 2.45) is 17.8 Å². The van der Waals surface area contributed by atoms with E-state index >= 15 is 0 Å². The number of carboxylic acid groups (broad SMARTS) is 1. The molecule has 1 aliphatic rings. The third kappa shape index (κ3) is 4.63. The summed E-state index contributed by atoms with van der Waals surface area (Å²) < 4.78 is 0. The van der Waals surface area contributed by atoms with E-state index in [-0.39, 0.29) is 5.92 Å². The normalized spacial score (nSPS) is 18.6. The van der Waals surface area contributed by atoms with Crippen molar-refractivity contribution < 1.29 is 14.7 Å². The second kappa shape index (κ2) is 5.89. The maximum atomic E-state index is 11.5. The average Bonchev–Trinajstić information content (AvgIpc) is 3.05. The maximum absolute atomic E-state index is 11.5. The molecule has 1 saturated carbocycles. The minimum Gasteiger partial charge on any atom is -0.480 e. The lowest BCUT2D eigenvalue weighted by atomic mass is 10.1. The van der Waals surface area contributed by atoms with Crippen LogP contribution in [0.1, 0.15) is 33.6 Å². The third-order valence-electron chi connectivity index (χ3n) is 3.23. The summed E-state index contributed by atoms with van der Waals surface area (Å²) in [7, 11) is 0. The van der Waals surface area contributed by atoms with Crippen LogP contribution in [0.2, 0.25) is 0 Å². The van der Waals surface area contributed by atoms with Crippen molar-refractivity contribution in [3.63, 3.8) is 0 Å². The molecule has 98 valence electrons. The Morgan fingerprint density at radius 3 is 2.29 bits per heavy atom. The van der Waals surface area contributed by atoms with E-state index in [0.717, 1.165) is 5.92 Å². The van der Waals surface area contributed by atoms with Crippen LogP contribution in [0.5, 0.6) is 0 Å². The van der Waals surface area contributed by atoms with Gasteiger partial charge in [0.2, 0.25) is 0 Å². The third-order valence-corrected chi connectivity index (χ3v) is 3.23. The molecule has 2 atom stereocenters. The van der Waals surface area contributed by atoms with Gasteiger partial charge in [-0.1, -0.05) is 20.8 Å². The van der Waals surface area contributed by atoms with Crippen molar-refractivity contribution in [2.45, 2.75) is 39.7 Å². The predicted octanol–water partition coefficient (Wildman–Crippen LogP) is 1.44. The maximum Gasteiger partial charge on any atom is 0.326 e. The van der Waals surface area contributed by atoms with Crippen molar-refractivity contribution in [3.05, 3.63) is 0 Å². The number of amides is 2. The fourth-order valence-corrected chi connectivity index (χ4v) is 1.79. The zero-order valence-electron chi connectivity index (χ0n) is 10.7. The monoisotopic (exact) mass is 242 g/mol. The molecule has 5 nitrogen and oxygen atoms in total. The molecule has 0 aromatic heterocycles. The Kier molecular flexibility index (Phi) is 4.78. The summed E-state index contributed by atoms with van der Waals surface area (Å²) in [5.74, 6) is 0.0863. The van der Waals surface area contributed by atoms with E-state index in [1.165, 1.54) is 12.8 Å². The first-order chi connectivity index (χ1) is 7.91. The molecule has 17 heavy (non-hydrogen) atoms. The highest BCUT2D eigenvalue weighted by molar-refractivity contribution is 5.82. The Morgan fingerprint density at radius 1 is 1.29 bits per heavy atom. The molecule has 1 aliphatic carbocycles. The second-order valence-electron chi connectivity index (χ2n) is 5.23. The molecule has 1 fully saturated rings. The first-order valence-electron chi connectivity index (χ1n) is 6.19. The van der Waals surface area contributed by atoms with Crippen molar-refractivity contribution >= 4 is 12.0 Å². The molecule has 0 heterocycles. The summed E-state index contributed by atoms with van der Waals surface area (Å²) >= 11 is 0. The molecule has 3 N–H and O–H groups in total. The minimum absolute atomic E-state index is 0.126. The number of aliphatic carboxylic acids is 1. The van der Waals surface area contributed by atoms with Crippen LogP contribution < -0.4 is 10.6 Å². The van der Waals surface area contributed by atoms with Gasteiger partial charge in [0, 0.05) is 6.54 Å². The van der Waals surface area contributed by atoms with E-state index < -0.39 is 18.0 Å². The van der Waals surface area contributed by atoms with Gasteiger partial charge in [-0.05, 0) is 30.6 Å². The molecule has 2 unspecified atom stereocenters.